The highest BCUT2D eigenvalue weighted by Crippen LogP contribution is 2.40. The number of ether oxygens (including phenoxy) is 2. The van der Waals surface area contributed by atoms with Crippen LogP contribution in [0.5, 0.6) is 11.5 Å². The number of nitrogens with one attached hydrogen (secondary N) is 1. The molecule has 0 unspecified atom stereocenters. The highest BCUT2D eigenvalue weighted by molar-refractivity contribution is 7.90. The average Bonchev–Trinajstić information content (AvgIpc) is 3.36. The van der Waals surface area contributed by atoms with Gasteiger partial charge in [-0.05, 0) is 56.6 Å². The van der Waals surface area contributed by atoms with Gasteiger partial charge in [-0.1, -0.05) is 0 Å². The van der Waals surface area contributed by atoms with Crippen LogP contribution in [0.4, 0.5) is 10.1 Å². The molecule has 41 heavy (non-hydrogen) atoms. The molecule has 1 atom stereocenters. The molecule has 0 bridgehead atoms. The number of piperidine rings is 1. The van der Waals surface area contributed by atoms with Gasteiger partial charge in [-0.15, -0.1) is 0 Å². The fourth-order valence-electron chi connectivity index (χ4n) is 5.26. The lowest BCUT2D eigenvalue weighted by Crippen LogP contribution is -2.42. The average molecular weight is 587 g/mol. The van der Waals surface area contributed by atoms with Crippen LogP contribution in [0.25, 0.3) is 10.9 Å². The van der Waals surface area contributed by atoms with E-state index in [2.05, 4.69) is 21.7 Å². The first kappa shape index (κ1) is 28.9. The monoisotopic (exact) mass is 586 g/mol. The zero-order chi connectivity index (χ0) is 29.4. The summed E-state index contributed by atoms with van der Waals surface area (Å²) < 4.78 is 56.6. The maximum atomic E-state index is 14.9. The van der Waals surface area contributed by atoms with Gasteiger partial charge in [0.25, 0.3) is 5.56 Å². The van der Waals surface area contributed by atoms with Gasteiger partial charge in [0.15, 0.2) is 11.6 Å². The molecule has 2 fully saturated rings. The van der Waals surface area contributed by atoms with Crippen LogP contribution < -0.4 is 15.0 Å². The number of likely N-dealkylation sites (N-methyl/N-ethyl adjacent to an activating group) is 1. The summed E-state index contributed by atoms with van der Waals surface area (Å²) >= 11 is 0. The van der Waals surface area contributed by atoms with Gasteiger partial charge in [0.05, 0.1) is 47.8 Å². The first-order chi connectivity index (χ1) is 19.6. The summed E-state index contributed by atoms with van der Waals surface area (Å²) in [6.45, 7) is 1.67. The van der Waals surface area contributed by atoms with Gasteiger partial charge in [-0.2, -0.15) is 18.0 Å². The number of nitriles is 1. The molecular weight excluding hydrogens is 555 g/mol. The Morgan fingerprint density at radius 3 is 2.78 bits per heavy atom. The molecule has 2 saturated heterocycles. The van der Waals surface area contributed by atoms with Gasteiger partial charge in [0.1, 0.15) is 17.4 Å². The molecule has 2 aliphatic heterocycles. The Balaban J connectivity index is 1.44. The van der Waals surface area contributed by atoms with Crippen LogP contribution >= 0.6 is 0 Å². The molecule has 0 amide bonds. The number of likely N-dealkylation sites (tertiary alicyclic amines) is 1. The third-order valence-corrected chi connectivity index (χ3v) is 9.22. The van der Waals surface area contributed by atoms with E-state index in [4.69, 9.17) is 14.6 Å². The van der Waals surface area contributed by atoms with Crippen LogP contribution in [-0.2, 0) is 14.9 Å². The zero-order valence-corrected chi connectivity index (χ0v) is 23.5. The molecule has 0 saturated carbocycles. The minimum Gasteiger partial charge on any atom is -0.453 e. The number of halogens is 1. The Kier molecular flexibility index (Phi) is 8.00. The van der Waals surface area contributed by atoms with Crippen LogP contribution in [0, 0.1) is 17.1 Å². The summed E-state index contributed by atoms with van der Waals surface area (Å²) in [7, 11) is -0.821. The van der Waals surface area contributed by atoms with Crippen molar-refractivity contribution < 1.29 is 27.4 Å². The van der Waals surface area contributed by atoms with Crippen molar-refractivity contribution in [3.63, 3.8) is 0 Å². The minimum absolute atomic E-state index is 0.0661. The first-order valence-electron chi connectivity index (χ1n) is 13.1. The topological polar surface area (TPSA) is 150 Å². The second kappa shape index (κ2) is 11.3. The van der Waals surface area contributed by atoms with E-state index in [9.17, 15) is 22.9 Å². The van der Waals surface area contributed by atoms with E-state index in [1.54, 1.807) is 16.7 Å². The van der Waals surface area contributed by atoms with Crippen LogP contribution in [0.3, 0.4) is 0 Å². The van der Waals surface area contributed by atoms with E-state index in [1.807, 2.05) is 0 Å². The molecule has 1 spiro atoms. The van der Waals surface area contributed by atoms with E-state index in [-0.39, 0.29) is 46.1 Å². The van der Waals surface area contributed by atoms with Crippen LogP contribution in [-0.4, -0.2) is 84.8 Å². The van der Waals surface area contributed by atoms with Crippen molar-refractivity contribution in [2.75, 3.05) is 51.7 Å². The molecule has 2 aromatic carbocycles. The molecule has 1 aromatic heterocycles. The Morgan fingerprint density at radius 1 is 1.32 bits per heavy atom. The number of aromatic nitrogens is 2. The number of rotatable bonds is 8. The predicted octanol–water partition coefficient (Wildman–Crippen LogP) is 2.21. The quantitative estimate of drug-likeness (QED) is 0.405. The van der Waals surface area contributed by atoms with E-state index in [0.717, 1.165) is 42.4 Å². The number of hydrogen-bond acceptors (Lipinski definition) is 9. The van der Waals surface area contributed by atoms with E-state index in [1.165, 1.54) is 25.5 Å². The van der Waals surface area contributed by atoms with Crippen LogP contribution in [0.2, 0.25) is 0 Å². The molecule has 12 nitrogen and oxygen atoms in total. The van der Waals surface area contributed by atoms with Crippen molar-refractivity contribution in [2.45, 2.75) is 30.9 Å². The summed E-state index contributed by atoms with van der Waals surface area (Å²) in [6, 6.07) is 8.15. The maximum Gasteiger partial charge on any atom is 0.301 e. The van der Waals surface area contributed by atoms with Crippen molar-refractivity contribution in [2.24, 2.45) is 0 Å². The van der Waals surface area contributed by atoms with Crippen LogP contribution in [0.1, 0.15) is 30.9 Å². The molecule has 3 aromatic rings. The van der Waals surface area contributed by atoms with E-state index < -0.39 is 28.4 Å². The lowest BCUT2D eigenvalue weighted by Gasteiger charge is -2.36. The lowest BCUT2D eigenvalue weighted by atomic mass is 9.87. The number of nitrogens with zero attached hydrogens (tertiary/aromatic N) is 5. The SMILES string of the molecule is CN1CCC2(CC1)C[C@@H](n1cnc3ccc(Oc4c(F)ccc(NS(=O)(=O)N(C)CCO)c4C#N)cc3c1=O)CO2. The number of hydrogen-bond donors (Lipinski definition) is 2. The Labute approximate surface area is 236 Å². The van der Waals surface area contributed by atoms with Crippen molar-refractivity contribution in [1.82, 2.24) is 18.8 Å². The van der Waals surface area contributed by atoms with Crippen LogP contribution in [0.15, 0.2) is 41.5 Å². The summed E-state index contributed by atoms with van der Waals surface area (Å²) in [5, 5.41) is 19.1. The largest absolute Gasteiger partial charge is 0.453 e. The summed E-state index contributed by atoms with van der Waals surface area (Å²) in [4.78, 5) is 20.2. The van der Waals surface area contributed by atoms with Gasteiger partial charge < -0.3 is 19.5 Å². The first-order valence-corrected chi connectivity index (χ1v) is 14.6. The molecule has 2 N–H and O–H groups in total. The number of aliphatic hydroxyl groups excluding tert-OH is 1. The van der Waals surface area contributed by atoms with Gasteiger partial charge in [-0.3, -0.25) is 14.1 Å². The van der Waals surface area contributed by atoms with Gasteiger partial charge in [0, 0.05) is 26.7 Å². The van der Waals surface area contributed by atoms with Gasteiger partial charge in [-0.25, -0.2) is 9.37 Å². The standard InChI is InChI=1S/C27H31FN6O6S/c1-32-9-7-27(8-10-32)14-18(16-39-27)34-17-30-23-5-3-19(13-20(23)26(34)36)40-25-21(15-29)24(6-4-22(25)28)31-41(37,38)33(2)11-12-35/h3-6,13,17-18,31,35H,7-12,14,16H2,1-2H3/t18-/m1/s1. The van der Waals surface area contributed by atoms with E-state index in [0.29, 0.717) is 18.5 Å². The Bertz CT molecular complexity index is 1670. The smallest absolute Gasteiger partial charge is 0.301 e. The molecule has 5 rings (SSSR count). The summed E-state index contributed by atoms with van der Waals surface area (Å²) in [6.07, 6.45) is 4.02. The van der Waals surface area contributed by atoms with Gasteiger partial charge in [0.2, 0.25) is 0 Å². The zero-order valence-electron chi connectivity index (χ0n) is 22.7. The number of aliphatic hydroxyl groups is 1. The molecule has 0 aliphatic carbocycles. The number of fused-ring (bicyclic) bond motifs is 1. The number of benzene rings is 2. The molecule has 0 radical (unpaired) electrons. The van der Waals surface area contributed by atoms with Crippen molar-refractivity contribution in [3.05, 3.63) is 58.4 Å². The normalized spacial score (nSPS) is 19.1. The molecule has 218 valence electrons. The summed E-state index contributed by atoms with van der Waals surface area (Å²) in [5.74, 6) is -1.34. The Hall–Kier alpha value is -3.61. The highest BCUT2D eigenvalue weighted by atomic mass is 32.2. The second-order valence-corrected chi connectivity index (χ2v) is 12.2. The Morgan fingerprint density at radius 2 is 2.07 bits per heavy atom. The van der Waals surface area contributed by atoms with Crippen molar-refractivity contribution in [3.8, 4) is 17.6 Å². The van der Waals surface area contributed by atoms with Gasteiger partial charge >= 0.3 is 10.2 Å². The third kappa shape index (κ3) is 5.77. The fraction of sp³-hybridized carbons (Fsp3) is 0.444. The number of anilines is 1. The third-order valence-electron chi connectivity index (χ3n) is 7.74. The van der Waals surface area contributed by atoms with E-state index >= 15 is 0 Å². The molecular formula is C27H31FN6O6S. The lowest BCUT2D eigenvalue weighted by molar-refractivity contribution is -0.0394. The minimum atomic E-state index is -4.14. The van der Waals surface area contributed by atoms with Crippen molar-refractivity contribution in [1.29, 1.82) is 5.26 Å². The molecule has 14 heteroatoms. The van der Waals surface area contributed by atoms with Crippen molar-refractivity contribution >= 4 is 26.8 Å². The fourth-order valence-corrected chi connectivity index (χ4v) is 6.19. The molecule has 2 aliphatic rings. The second-order valence-electron chi connectivity index (χ2n) is 10.5. The molecule has 3 heterocycles. The maximum absolute atomic E-state index is 14.9. The highest BCUT2D eigenvalue weighted by Gasteiger charge is 2.43. The predicted molar refractivity (Wildman–Crippen MR) is 149 cm³/mol. The summed E-state index contributed by atoms with van der Waals surface area (Å²) in [5.41, 5.74) is -0.723.